The van der Waals surface area contributed by atoms with E-state index in [1.165, 1.54) is 10.4 Å². The fraction of sp³-hybridized carbons (Fsp3) is 0.389. The third-order valence-electron chi connectivity index (χ3n) is 8.32. The molecule has 1 fully saturated rings. The van der Waals surface area contributed by atoms with E-state index >= 15 is 0 Å². The minimum Gasteiger partial charge on any atom is -0.444 e. The van der Waals surface area contributed by atoms with Gasteiger partial charge in [-0.1, -0.05) is 97.4 Å². The number of halogens is 1. The van der Waals surface area contributed by atoms with E-state index in [9.17, 15) is 9.59 Å². The molecule has 5 rings (SSSR count). The average Bonchev–Trinajstić information content (AvgIpc) is 2.98. The Balaban J connectivity index is 1.50. The summed E-state index contributed by atoms with van der Waals surface area (Å²) in [6.45, 7) is 13.5. The summed E-state index contributed by atoms with van der Waals surface area (Å²) in [5.41, 5.74) is -0.702. The number of hydrogen-bond donors (Lipinski definition) is 1. The van der Waals surface area contributed by atoms with E-state index in [0.717, 1.165) is 27.6 Å². The molecule has 1 aliphatic rings. The van der Waals surface area contributed by atoms with Gasteiger partial charge in [-0.05, 0) is 67.2 Å². The summed E-state index contributed by atoms with van der Waals surface area (Å²) in [5, 5.41) is 4.04. The number of thioether (sulfide) groups is 1. The van der Waals surface area contributed by atoms with Crippen molar-refractivity contribution in [2.75, 3.05) is 13.2 Å². The number of ether oxygens (including phenoxy) is 1. The molecule has 2 heterocycles. The number of amides is 1. The Hall–Kier alpha value is -2.85. The number of benzene rings is 3. The molecule has 0 unspecified atom stereocenters. The molecule has 9 heteroatoms. The van der Waals surface area contributed by atoms with Gasteiger partial charge in [0.25, 0.3) is 13.9 Å². The van der Waals surface area contributed by atoms with E-state index in [-0.39, 0.29) is 28.0 Å². The van der Waals surface area contributed by atoms with Crippen LogP contribution >= 0.6 is 27.7 Å². The van der Waals surface area contributed by atoms with Crippen molar-refractivity contribution in [1.29, 1.82) is 0 Å². The van der Waals surface area contributed by atoms with Crippen molar-refractivity contribution in [3.8, 4) is 0 Å². The molecule has 0 bridgehead atoms. The van der Waals surface area contributed by atoms with Crippen LogP contribution in [0.5, 0.6) is 0 Å². The van der Waals surface area contributed by atoms with Crippen molar-refractivity contribution in [1.82, 2.24) is 9.88 Å². The topological polar surface area (TPSA) is 71.6 Å². The molecule has 1 aliphatic heterocycles. The Morgan fingerprint density at radius 3 is 2.16 bits per heavy atom. The minimum atomic E-state index is -2.82. The van der Waals surface area contributed by atoms with Crippen molar-refractivity contribution in [3.63, 3.8) is 0 Å². The van der Waals surface area contributed by atoms with Gasteiger partial charge in [0.1, 0.15) is 5.60 Å². The SMILES string of the molecule is CC(C)(C)OC(=O)N1CC[C@H](Sc2c[nH]c(=O)c3ccc(Br)cc23)C[C@H]1CO[Si](c1ccccc1)(c1ccccc1)C(C)(C)C. The van der Waals surface area contributed by atoms with Gasteiger partial charge in [-0.15, -0.1) is 11.8 Å². The van der Waals surface area contributed by atoms with Crippen LogP contribution in [0, 0.1) is 0 Å². The van der Waals surface area contributed by atoms with Crippen molar-refractivity contribution in [3.05, 3.63) is 99.9 Å². The zero-order valence-electron chi connectivity index (χ0n) is 26.9. The number of aromatic amines is 1. The van der Waals surface area contributed by atoms with Gasteiger partial charge in [0.15, 0.2) is 0 Å². The molecule has 238 valence electrons. The summed E-state index contributed by atoms with van der Waals surface area (Å²) in [7, 11) is -2.82. The number of carbonyl (C=O) groups is 1. The Morgan fingerprint density at radius 1 is 0.956 bits per heavy atom. The first-order chi connectivity index (χ1) is 21.3. The molecule has 0 saturated carbocycles. The molecule has 0 aliphatic carbocycles. The predicted octanol–water partition coefficient (Wildman–Crippen LogP) is 7.73. The maximum atomic E-state index is 13.6. The summed E-state index contributed by atoms with van der Waals surface area (Å²) < 4.78 is 14.2. The molecule has 45 heavy (non-hydrogen) atoms. The molecule has 1 N–H and O–H groups in total. The quantitative estimate of drug-likeness (QED) is 0.199. The minimum absolute atomic E-state index is 0.0989. The molecule has 0 spiro atoms. The van der Waals surface area contributed by atoms with Crippen molar-refractivity contribution < 1.29 is 14.0 Å². The van der Waals surface area contributed by atoms with E-state index in [0.29, 0.717) is 18.5 Å². The largest absolute Gasteiger partial charge is 0.444 e. The number of nitrogens with one attached hydrogen (secondary N) is 1. The number of fused-ring (bicyclic) bond motifs is 1. The Morgan fingerprint density at radius 2 is 1.58 bits per heavy atom. The standard InChI is InChI=1S/C36H43BrN2O4SSi/c1-35(2,3)43-34(41)39-20-19-27(44-32-23-38-33(40)30-18-17-25(37)21-31(30)32)22-26(39)24-42-45(36(4,5)6,28-13-9-7-10-14-28)29-15-11-8-12-16-29/h7-18,21,23,26-27H,19-20,22,24H2,1-6H3,(H,38,40)/t26-,27-/m0/s1. The van der Waals surface area contributed by atoms with E-state index in [4.69, 9.17) is 9.16 Å². The van der Waals surface area contributed by atoms with Crippen molar-refractivity contribution in [2.45, 2.75) is 81.2 Å². The maximum Gasteiger partial charge on any atom is 0.410 e. The van der Waals surface area contributed by atoms with Crippen LogP contribution < -0.4 is 15.9 Å². The zero-order valence-corrected chi connectivity index (χ0v) is 30.3. The van der Waals surface area contributed by atoms with Gasteiger partial charge in [0.2, 0.25) is 0 Å². The lowest BCUT2D eigenvalue weighted by Crippen LogP contribution is -2.67. The lowest BCUT2D eigenvalue weighted by molar-refractivity contribution is 0.00365. The fourth-order valence-electron chi connectivity index (χ4n) is 6.30. The number of pyridine rings is 1. The zero-order chi connectivity index (χ0) is 32.4. The highest BCUT2D eigenvalue weighted by Crippen LogP contribution is 2.40. The van der Waals surface area contributed by atoms with E-state index in [1.54, 1.807) is 11.8 Å². The van der Waals surface area contributed by atoms with Crippen LogP contribution in [0.2, 0.25) is 5.04 Å². The number of aromatic nitrogens is 1. The van der Waals surface area contributed by atoms with Crippen LogP contribution in [0.4, 0.5) is 4.79 Å². The van der Waals surface area contributed by atoms with Crippen LogP contribution in [0.15, 0.2) is 99.2 Å². The van der Waals surface area contributed by atoms with Gasteiger partial charge < -0.3 is 19.0 Å². The normalized spacial score (nSPS) is 17.8. The van der Waals surface area contributed by atoms with E-state index < -0.39 is 13.9 Å². The summed E-state index contributed by atoms with van der Waals surface area (Å²) in [6.07, 6.45) is 3.04. The molecule has 1 saturated heterocycles. The highest BCUT2D eigenvalue weighted by Gasteiger charge is 2.51. The Bertz CT molecular complexity index is 1650. The van der Waals surface area contributed by atoms with Gasteiger partial charge in [-0.2, -0.15) is 0 Å². The third kappa shape index (κ3) is 7.43. The van der Waals surface area contributed by atoms with Crippen molar-refractivity contribution >= 4 is 63.2 Å². The number of carbonyl (C=O) groups excluding carboxylic acids is 1. The molecule has 1 aromatic heterocycles. The Labute approximate surface area is 280 Å². The fourth-order valence-corrected chi connectivity index (χ4v) is 12.6. The van der Waals surface area contributed by atoms with Crippen LogP contribution in [0.3, 0.4) is 0 Å². The second-order valence-electron chi connectivity index (χ2n) is 13.7. The molecule has 3 aromatic carbocycles. The smallest absolute Gasteiger partial charge is 0.410 e. The maximum absolute atomic E-state index is 13.6. The summed E-state index contributed by atoms with van der Waals surface area (Å²) in [6, 6.07) is 26.8. The number of hydrogen-bond acceptors (Lipinski definition) is 5. The van der Waals surface area contributed by atoms with E-state index in [2.05, 4.69) is 90.2 Å². The highest BCUT2D eigenvalue weighted by molar-refractivity contribution is 9.10. The molecule has 6 nitrogen and oxygen atoms in total. The molecular formula is C36H43BrN2O4SSi. The highest BCUT2D eigenvalue weighted by atomic mass is 79.9. The van der Waals surface area contributed by atoms with Crippen LogP contribution in [0.1, 0.15) is 54.4 Å². The predicted molar refractivity (Wildman–Crippen MR) is 191 cm³/mol. The summed E-state index contributed by atoms with van der Waals surface area (Å²) in [4.78, 5) is 32.0. The molecule has 4 aromatic rings. The van der Waals surface area contributed by atoms with Gasteiger partial charge in [-0.25, -0.2) is 4.79 Å². The van der Waals surface area contributed by atoms with Crippen LogP contribution in [-0.2, 0) is 9.16 Å². The number of rotatable bonds is 7. The van der Waals surface area contributed by atoms with Gasteiger partial charge >= 0.3 is 6.09 Å². The van der Waals surface area contributed by atoms with Crippen molar-refractivity contribution in [2.24, 2.45) is 0 Å². The van der Waals surface area contributed by atoms with Gasteiger partial charge in [-0.3, -0.25) is 4.79 Å². The second kappa shape index (κ2) is 13.5. The number of nitrogens with zero attached hydrogens (tertiary/aromatic N) is 1. The average molecular weight is 708 g/mol. The van der Waals surface area contributed by atoms with Crippen LogP contribution in [0.25, 0.3) is 10.8 Å². The summed E-state index contributed by atoms with van der Waals surface area (Å²) >= 11 is 5.33. The summed E-state index contributed by atoms with van der Waals surface area (Å²) in [5.74, 6) is 0. The van der Waals surface area contributed by atoms with Crippen LogP contribution in [-0.4, -0.2) is 54.3 Å². The lowest BCUT2D eigenvalue weighted by atomic mass is 10.0. The first-order valence-electron chi connectivity index (χ1n) is 15.5. The Kier molecular flexibility index (Phi) is 10.0. The number of piperidine rings is 1. The van der Waals surface area contributed by atoms with Gasteiger partial charge in [0.05, 0.1) is 12.6 Å². The van der Waals surface area contributed by atoms with Gasteiger partial charge in [0, 0.05) is 38.1 Å². The molecule has 2 atom stereocenters. The first kappa shape index (κ1) is 33.5. The first-order valence-corrected chi connectivity index (χ1v) is 19.1. The van der Waals surface area contributed by atoms with E-state index in [1.807, 2.05) is 62.2 Å². The molecular weight excluding hydrogens is 664 g/mol. The monoisotopic (exact) mass is 706 g/mol. The third-order valence-corrected chi connectivity index (χ3v) is 15.2. The number of likely N-dealkylation sites (tertiary alicyclic amines) is 1. The number of H-pyrrole nitrogens is 1. The lowest BCUT2D eigenvalue weighted by Gasteiger charge is -2.46. The second-order valence-corrected chi connectivity index (χ2v) is 20.3. The molecule has 0 radical (unpaired) electrons. The molecule has 1 amide bonds.